The Labute approximate surface area is 92.7 Å². The normalized spacial score (nSPS) is 18.1. The number of ether oxygens (including phenoxy) is 1. The highest BCUT2D eigenvalue weighted by molar-refractivity contribution is 5.86. The maximum atomic E-state index is 5.20. The van der Waals surface area contributed by atoms with Gasteiger partial charge in [-0.25, -0.2) is 4.99 Å². The van der Waals surface area contributed by atoms with Gasteiger partial charge in [0.2, 0.25) is 0 Å². The molecule has 0 spiro atoms. The first-order valence-corrected chi connectivity index (χ1v) is 5.20. The van der Waals surface area contributed by atoms with Gasteiger partial charge in [0.25, 0.3) is 0 Å². The average Bonchev–Trinajstić information content (AvgIpc) is 2.31. The zero-order valence-corrected chi connectivity index (χ0v) is 9.86. The zero-order chi connectivity index (χ0) is 11.5. The first-order valence-electron chi connectivity index (χ1n) is 5.20. The molecule has 0 radical (unpaired) electrons. The van der Waals surface area contributed by atoms with E-state index in [4.69, 9.17) is 11.2 Å². The lowest BCUT2D eigenvalue weighted by Crippen LogP contribution is -2.13. The topological polar surface area (TPSA) is 34.0 Å². The van der Waals surface area contributed by atoms with Gasteiger partial charge in [0.1, 0.15) is 5.84 Å². The fourth-order valence-electron chi connectivity index (χ4n) is 1.11. The summed E-state index contributed by atoms with van der Waals surface area (Å²) in [6, 6.07) is 0. The number of nitrogens with zero attached hydrogens (tertiary/aromatic N) is 2. The second-order valence-corrected chi connectivity index (χ2v) is 3.21. The van der Waals surface area contributed by atoms with Crippen molar-refractivity contribution in [3.05, 3.63) is 0 Å². The van der Waals surface area contributed by atoms with Crippen molar-refractivity contribution in [2.75, 3.05) is 20.3 Å². The van der Waals surface area contributed by atoms with E-state index in [1.165, 1.54) is 0 Å². The van der Waals surface area contributed by atoms with Crippen LogP contribution in [0, 0.1) is 18.3 Å². The lowest BCUT2D eigenvalue weighted by atomic mass is 10.0. The third kappa shape index (κ3) is 7.90. The second-order valence-electron chi connectivity index (χ2n) is 3.21. The van der Waals surface area contributed by atoms with Crippen LogP contribution in [0.3, 0.4) is 0 Å². The molecule has 84 valence electrons. The van der Waals surface area contributed by atoms with Crippen molar-refractivity contribution in [3.8, 4) is 12.3 Å². The minimum atomic E-state index is 0.490. The van der Waals surface area contributed by atoms with E-state index >= 15 is 0 Å². The lowest BCUT2D eigenvalue weighted by Gasteiger charge is -2.15. The maximum absolute atomic E-state index is 5.20. The molecule has 0 aromatic rings. The summed E-state index contributed by atoms with van der Waals surface area (Å²) in [6.07, 6.45) is 9.03. The largest absolute Gasteiger partial charge is 0.381 e. The number of terminal acetylenes is 1. The summed E-state index contributed by atoms with van der Waals surface area (Å²) in [5.41, 5.74) is 0. The van der Waals surface area contributed by atoms with E-state index in [1.54, 1.807) is 13.3 Å². The van der Waals surface area contributed by atoms with Crippen molar-refractivity contribution in [1.29, 1.82) is 0 Å². The predicted molar refractivity (Wildman–Crippen MR) is 65.6 cm³/mol. The molecule has 1 rings (SSSR count). The summed E-state index contributed by atoms with van der Waals surface area (Å²) < 4.78 is 5.11. The van der Waals surface area contributed by atoms with Crippen molar-refractivity contribution < 1.29 is 4.74 Å². The van der Waals surface area contributed by atoms with Gasteiger partial charge in [-0.1, -0.05) is 0 Å². The predicted octanol–water partition coefficient (Wildman–Crippen LogP) is 2.17. The number of hydrogen-bond acceptors (Lipinski definition) is 2. The van der Waals surface area contributed by atoms with Gasteiger partial charge in [0.05, 0.1) is 0 Å². The minimum Gasteiger partial charge on any atom is -0.381 e. The van der Waals surface area contributed by atoms with Crippen LogP contribution < -0.4 is 0 Å². The molecule has 1 saturated heterocycles. The monoisotopic (exact) mass is 208 g/mol. The van der Waals surface area contributed by atoms with Gasteiger partial charge in [-0.15, -0.1) is 12.3 Å². The summed E-state index contributed by atoms with van der Waals surface area (Å²) in [4.78, 5) is 7.66. The fourth-order valence-corrected chi connectivity index (χ4v) is 1.11. The zero-order valence-electron chi connectivity index (χ0n) is 9.86. The molecule has 0 aliphatic carbocycles. The summed E-state index contributed by atoms with van der Waals surface area (Å²) in [5.74, 6) is 4.04. The molecular formula is C12H20N2O. The fraction of sp³-hybridized carbons (Fsp3) is 0.667. The maximum Gasteiger partial charge on any atom is 0.119 e. The van der Waals surface area contributed by atoms with E-state index in [1.807, 2.05) is 13.8 Å². The molecule has 0 amide bonds. The van der Waals surface area contributed by atoms with Crippen molar-refractivity contribution in [1.82, 2.24) is 0 Å². The molecule has 3 nitrogen and oxygen atoms in total. The highest BCUT2D eigenvalue weighted by atomic mass is 16.5. The van der Waals surface area contributed by atoms with Crippen LogP contribution in [0.5, 0.6) is 0 Å². The number of aliphatic imine (C=N–C) groups is 2. The van der Waals surface area contributed by atoms with Crippen LogP contribution in [0.2, 0.25) is 0 Å². The SMILES string of the molecule is C#CC1CCOCC1.CC=NC(C)=NC. The van der Waals surface area contributed by atoms with Crippen LogP contribution >= 0.6 is 0 Å². The quantitative estimate of drug-likeness (QED) is 0.341. The number of rotatable bonds is 0. The smallest absolute Gasteiger partial charge is 0.119 e. The van der Waals surface area contributed by atoms with Gasteiger partial charge < -0.3 is 4.74 Å². The lowest BCUT2D eigenvalue weighted by molar-refractivity contribution is 0.0807. The van der Waals surface area contributed by atoms with Crippen molar-refractivity contribution in [2.45, 2.75) is 26.7 Å². The first-order chi connectivity index (χ1) is 7.24. The van der Waals surface area contributed by atoms with Crippen molar-refractivity contribution in [3.63, 3.8) is 0 Å². The number of amidine groups is 1. The average molecular weight is 208 g/mol. The molecule has 0 bridgehead atoms. The van der Waals surface area contributed by atoms with Gasteiger partial charge in [0.15, 0.2) is 0 Å². The third-order valence-corrected chi connectivity index (χ3v) is 2.10. The molecule has 0 aromatic carbocycles. The van der Waals surface area contributed by atoms with E-state index in [0.717, 1.165) is 31.9 Å². The van der Waals surface area contributed by atoms with E-state index in [9.17, 15) is 0 Å². The molecule has 15 heavy (non-hydrogen) atoms. The van der Waals surface area contributed by atoms with Crippen LogP contribution in [-0.2, 0) is 4.74 Å². The van der Waals surface area contributed by atoms with Gasteiger partial charge in [-0.3, -0.25) is 4.99 Å². The Morgan fingerprint density at radius 3 is 2.33 bits per heavy atom. The van der Waals surface area contributed by atoms with Crippen LogP contribution in [0.15, 0.2) is 9.98 Å². The van der Waals surface area contributed by atoms with Crippen molar-refractivity contribution >= 4 is 12.1 Å². The van der Waals surface area contributed by atoms with Gasteiger partial charge in [-0.05, 0) is 26.7 Å². The van der Waals surface area contributed by atoms with Crippen LogP contribution in [0.4, 0.5) is 0 Å². The van der Waals surface area contributed by atoms with E-state index in [2.05, 4.69) is 15.9 Å². The van der Waals surface area contributed by atoms with Gasteiger partial charge in [-0.2, -0.15) is 0 Å². The Morgan fingerprint density at radius 1 is 1.47 bits per heavy atom. The van der Waals surface area contributed by atoms with Gasteiger partial charge in [0, 0.05) is 32.4 Å². The molecule has 0 aromatic heterocycles. The molecule has 0 N–H and O–H groups in total. The summed E-state index contributed by atoms with van der Waals surface area (Å²) in [5, 5.41) is 0. The molecule has 3 heteroatoms. The molecule has 0 unspecified atom stereocenters. The molecule has 0 atom stereocenters. The Kier molecular flexibility index (Phi) is 8.70. The van der Waals surface area contributed by atoms with E-state index < -0.39 is 0 Å². The summed E-state index contributed by atoms with van der Waals surface area (Å²) in [6.45, 7) is 5.44. The van der Waals surface area contributed by atoms with Crippen LogP contribution in [-0.4, -0.2) is 32.3 Å². The Balaban J connectivity index is 0.000000265. The summed E-state index contributed by atoms with van der Waals surface area (Å²) >= 11 is 0. The number of hydrogen-bond donors (Lipinski definition) is 0. The molecule has 0 saturated carbocycles. The van der Waals surface area contributed by atoms with Crippen LogP contribution in [0.1, 0.15) is 26.7 Å². The Bertz CT molecular complexity index is 245. The highest BCUT2D eigenvalue weighted by Crippen LogP contribution is 2.11. The second kappa shape index (κ2) is 9.42. The van der Waals surface area contributed by atoms with Crippen LogP contribution in [0.25, 0.3) is 0 Å². The summed E-state index contributed by atoms with van der Waals surface area (Å²) in [7, 11) is 1.72. The van der Waals surface area contributed by atoms with E-state index in [0.29, 0.717) is 5.92 Å². The Morgan fingerprint density at radius 2 is 2.07 bits per heavy atom. The molecule has 1 aliphatic heterocycles. The standard InChI is InChI=1S/C7H10O.C5H10N2/c1-2-7-3-5-8-6-4-7;1-4-7-5(2)6-3/h1,7H,3-6H2;4H,1-3H3. The molecular weight excluding hydrogens is 188 g/mol. The Hall–Kier alpha value is -1.14. The molecule has 1 aliphatic rings. The highest BCUT2D eigenvalue weighted by Gasteiger charge is 2.09. The molecule has 1 heterocycles. The first kappa shape index (κ1) is 13.9. The van der Waals surface area contributed by atoms with E-state index in [-0.39, 0.29) is 0 Å². The third-order valence-electron chi connectivity index (χ3n) is 2.10. The minimum absolute atomic E-state index is 0.490. The van der Waals surface area contributed by atoms with Gasteiger partial charge >= 0.3 is 0 Å². The molecule has 1 fully saturated rings. The van der Waals surface area contributed by atoms with Crippen molar-refractivity contribution in [2.24, 2.45) is 15.9 Å².